The summed E-state index contributed by atoms with van der Waals surface area (Å²) in [5.74, 6) is 4.33. The van der Waals surface area contributed by atoms with E-state index in [9.17, 15) is 0 Å². The van der Waals surface area contributed by atoms with Gasteiger partial charge >= 0.3 is 0 Å². The molecule has 0 saturated carbocycles. The molecule has 0 aliphatic rings. The SMILES string of the molecule is CCC(C)/C=C\C(C)C(C)CCC(C)/C(C)=C/C=C(\C)C(C)CCC(C)C. The first-order valence-electron chi connectivity index (χ1n) is 11.6. The maximum absolute atomic E-state index is 2.44. The van der Waals surface area contributed by atoms with Crippen molar-refractivity contribution in [1.29, 1.82) is 0 Å². The maximum atomic E-state index is 2.44. The number of allylic oxidation sites excluding steroid dienone is 6. The molecule has 0 nitrogen and oxygen atoms in total. The minimum Gasteiger partial charge on any atom is -0.0854 e. The minimum atomic E-state index is 0.674. The fourth-order valence-corrected chi connectivity index (χ4v) is 3.10. The van der Waals surface area contributed by atoms with E-state index in [-0.39, 0.29) is 0 Å². The van der Waals surface area contributed by atoms with E-state index in [1.807, 2.05) is 0 Å². The van der Waals surface area contributed by atoms with Crippen molar-refractivity contribution in [2.45, 2.75) is 101 Å². The average Bonchev–Trinajstić information content (AvgIpc) is 2.64. The molecule has 0 saturated heterocycles. The predicted octanol–water partition coefficient (Wildman–Crippen LogP) is 9.24. The molecule has 0 heterocycles. The molecule has 0 rings (SSSR count). The second-order valence-electron chi connectivity index (χ2n) is 9.78. The summed E-state index contributed by atoms with van der Waals surface area (Å²) in [5, 5.41) is 0. The Labute approximate surface area is 172 Å². The molecule has 27 heavy (non-hydrogen) atoms. The van der Waals surface area contributed by atoms with Gasteiger partial charge in [-0.15, -0.1) is 0 Å². The van der Waals surface area contributed by atoms with Crippen LogP contribution in [0.25, 0.3) is 0 Å². The van der Waals surface area contributed by atoms with Crippen LogP contribution in [0.2, 0.25) is 0 Å². The summed E-state index contributed by atoms with van der Waals surface area (Å²) in [5.41, 5.74) is 3.06. The minimum absolute atomic E-state index is 0.674. The summed E-state index contributed by atoms with van der Waals surface area (Å²) >= 11 is 0. The fourth-order valence-electron chi connectivity index (χ4n) is 3.10. The molecule has 0 amide bonds. The van der Waals surface area contributed by atoms with E-state index in [0.717, 1.165) is 11.8 Å². The van der Waals surface area contributed by atoms with Crippen LogP contribution in [0.15, 0.2) is 35.5 Å². The van der Waals surface area contributed by atoms with Crippen molar-refractivity contribution in [3.05, 3.63) is 35.5 Å². The van der Waals surface area contributed by atoms with E-state index in [4.69, 9.17) is 0 Å². The van der Waals surface area contributed by atoms with E-state index < -0.39 is 0 Å². The summed E-state index contributed by atoms with van der Waals surface area (Å²) in [7, 11) is 0. The van der Waals surface area contributed by atoms with Gasteiger partial charge in [0.25, 0.3) is 0 Å². The van der Waals surface area contributed by atoms with Crippen LogP contribution in [0.3, 0.4) is 0 Å². The van der Waals surface area contributed by atoms with Gasteiger partial charge in [0, 0.05) is 0 Å². The summed E-state index contributed by atoms with van der Waals surface area (Å²) in [6, 6.07) is 0. The van der Waals surface area contributed by atoms with Crippen LogP contribution in [-0.2, 0) is 0 Å². The summed E-state index contributed by atoms with van der Waals surface area (Å²) in [6.45, 7) is 23.4. The molecule has 0 fully saturated rings. The van der Waals surface area contributed by atoms with E-state index in [2.05, 4.69) is 93.5 Å². The van der Waals surface area contributed by atoms with Crippen LogP contribution in [0, 0.1) is 35.5 Å². The largest absolute Gasteiger partial charge is 0.0854 e. The lowest BCUT2D eigenvalue weighted by molar-refractivity contribution is 0.389. The van der Waals surface area contributed by atoms with Crippen molar-refractivity contribution in [1.82, 2.24) is 0 Å². The molecule has 0 bridgehead atoms. The Morgan fingerprint density at radius 3 is 1.59 bits per heavy atom. The predicted molar refractivity (Wildman–Crippen MR) is 126 cm³/mol. The van der Waals surface area contributed by atoms with Crippen LogP contribution in [-0.4, -0.2) is 0 Å². The van der Waals surface area contributed by atoms with Crippen molar-refractivity contribution in [3.63, 3.8) is 0 Å². The topological polar surface area (TPSA) is 0 Å². The Bertz CT molecular complexity index is 462. The van der Waals surface area contributed by atoms with E-state index in [1.165, 1.54) is 43.3 Å². The molecule has 0 aliphatic heterocycles. The molecule has 158 valence electrons. The highest BCUT2D eigenvalue weighted by molar-refractivity contribution is 5.18. The van der Waals surface area contributed by atoms with Gasteiger partial charge in [0.15, 0.2) is 0 Å². The standard InChI is InChI=1S/C27H50/c1-11-21(4)13-15-23(6)25(8)17-19-27(10)26(9)18-16-24(7)22(5)14-12-20(2)3/h13,15-16,18,20-23,25,27H,11-12,14,17,19H2,1-10H3/b15-13-,24-16+,26-18+. The first-order chi connectivity index (χ1) is 12.6. The van der Waals surface area contributed by atoms with Gasteiger partial charge in [-0.05, 0) is 68.6 Å². The Morgan fingerprint density at radius 1 is 0.667 bits per heavy atom. The molecular formula is C27H50. The third kappa shape index (κ3) is 12.3. The highest BCUT2D eigenvalue weighted by Crippen LogP contribution is 2.25. The third-order valence-electron chi connectivity index (χ3n) is 6.68. The van der Waals surface area contributed by atoms with Crippen LogP contribution < -0.4 is 0 Å². The maximum Gasteiger partial charge on any atom is -0.0231 e. The molecule has 0 radical (unpaired) electrons. The summed E-state index contributed by atoms with van der Waals surface area (Å²) in [6.07, 6.45) is 16.1. The van der Waals surface area contributed by atoms with Gasteiger partial charge in [-0.2, -0.15) is 0 Å². The average molecular weight is 375 g/mol. The first-order valence-corrected chi connectivity index (χ1v) is 11.6. The molecular weight excluding hydrogens is 324 g/mol. The third-order valence-corrected chi connectivity index (χ3v) is 6.68. The van der Waals surface area contributed by atoms with Gasteiger partial charge in [-0.25, -0.2) is 0 Å². The van der Waals surface area contributed by atoms with Crippen molar-refractivity contribution in [2.24, 2.45) is 35.5 Å². The van der Waals surface area contributed by atoms with E-state index in [1.54, 1.807) is 0 Å². The van der Waals surface area contributed by atoms with Gasteiger partial charge in [-0.1, -0.05) is 104 Å². The van der Waals surface area contributed by atoms with Crippen molar-refractivity contribution >= 4 is 0 Å². The lowest BCUT2D eigenvalue weighted by Gasteiger charge is -2.20. The lowest BCUT2D eigenvalue weighted by atomic mass is 9.86. The molecule has 0 heteroatoms. The second-order valence-corrected chi connectivity index (χ2v) is 9.78. The van der Waals surface area contributed by atoms with Crippen LogP contribution in [0.1, 0.15) is 101 Å². The Morgan fingerprint density at radius 2 is 1.15 bits per heavy atom. The van der Waals surface area contributed by atoms with Gasteiger partial charge in [0.2, 0.25) is 0 Å². The summed E-state index contributed by atoms with van der Waals surface area (Å²) in [4.78, 5) is 0. The second kappa shape index (κ2) is 14.3. The first kappa shape index (κ1) is 26.2. The fraction of sp³-hybridized carbons (Fsp3) is 0.778. The molecule has 0 aromatic heterocycles. The molecule has 5 atom stereocenters. The van der Waals surface area contributed by atoms with Crippen LogP contribution in [0.5, 0.6) is 0 Å². The Kier molecular flexibility index (Phi) is 13.8. The van der Waals surface area contributed by atoms with Crippen molar-refractivity contribution in [2.75, 3.05) is 0 Å². The molecule has 0 N–H and O–H groups in total. The molecule has 0 aliphatic carbocycles. The Hall–Kier alpha value is -0.780. The number of hydrogen-bond donors (Lipinski definition) is 0. The van der Waals surface area contributed by atoms with Crippen LogP contribution in [0.4, 0.5) is 0 Å². The molecule has 5 unspecified atom stereocenters. The van der Waals surface area contributed by atoms with Gasteiger partial charge < -0.3 is 0 Å². The van der Waals surface area contributed by atoms with Crippen molar-refractivity contribution < 1.29 is 0 Å². The molecule has 0 aromatic carbocycles. The zero-order valence-electron chi connectivity index (χ0n) is 20.3. The molecule has 0 aromatic rings. The quantitative estimate of drug-likeness (QED) is 0.222. The van der Waals surface area contributed by atoms with Crippen molar-refractivity contribution in [3.8, 4) is 0 Å². The monoisotopic (exact) mass is 374 g/mol. The van der Waals surface area contributed by atoms with Crippen LogP contribution >= 0.6 is 0 Å². The zero-order valence-corrected chi connectivity index (χ0v) is 20.3. The smallest absolute Gasteiger partial charge is 0.0231 e. The lowest BCUT2D eigenvalue weighted by Crippen LogP contribution is -2.08. The van der Waals surface area contributed by atoms with Gasteiger partial charge in [-0.3, -0.25) is 0 Å². The summed E-state index contributed by atoms with van der Waals surface area (Å²) < 4.78 is 0. The van der Waals surface area contributed by atoms with E-state index in [0.29, 0.717) is 23.7 Å². The highest BCUT2D eigenvalue weighted by atomic mass is 14.2. The van der Waals surface area contributed by atoms with Gasteiger partial charge in [0.05, 0.1) is 0 Å². The zero-order chi connectivity index (χ0) is 21.0. The Balaban J connectivity index is 4.50. The normalized spacial score (nSPS) is 19.4. The van der Waals surface area contributed by atoms with Gasteiger partial charge in [0.1, 0.15) is 0 Å². The number of hydrogen-bond acceptors (Lipinski definition) is 0. The number of rotatable bonds is 13. The highest BCUT2D eigenvalue weighted by Gasteiger charge is 2.13. The van der Waals surface area contributed by atoms with E-state index >= 15 is 0 Å². The molecule has 0 spiro atoms.